The van der Waals surface area contributed by atoms with Gasteiger partial charge in [-0.3, -0.25) is 14.4 Å². The number of halogens is 2. The molecule has 0 radical (unpaired) electrons. The number of nitrogens with zero attached hydrogens (tertiary/aromatic N) is 5. The summed E-state index contributed by atoms with van der Waals surface area (Å²) in [5.74, 6) is 0.864. The zero-order valence-electron chi connectivity index (χ0n) is 22.0. The first-order valence-corrected chi connectivity index (χ1v) is 13.8. The van der Waals surface area contributed by atoms with Gasteiger partial charge in [-0.15, -0.1) is 0 Å². The number of fused-ring (bicyclic) bond motifs is 1. The van der Waals surface area contributed by atoms with Crippen molar-refractivity contribution < 1.29 is 13.9 Å². The maximum atomic E-state index is 14.5. The van der Waals surface area contributed by atoms with E-state index >= 15 is 0 Å². The molecular formula is C28H34ClFN6O2. The predicted molar refractivity (Wildman–Crippen MR) is 147 cm³/mol. The molecule has 0 unspecified atom stereocenters. The zero-order chi connectivity index (χ0) is 26.6. The lowest BCUT2D eigenvalue weighted by atomic mass is 9.96. The number of aromatic nitrogens is 3. The lowest BCUT2D eigenvalue weighted by Crippen LogP contribution is -2.59. The fourth-order valence-corrected chi connectivity index (χ4v) is 6.61. The van der Waals surface area contributed by atoms with E-state index in [1.165, 1.54) is 0 Å². The minimum absolute atomic E-state index is 0.0137. The first-order chi connectivity index (χ1) is 18.3. The maximum Gasteiger partial charge on any atom is 0.229 e. The fourth-order valence-electron chi connectivity index (χ4n) is 6.31. The van der Waals surface area contributed by atoms with Gasteiger partial charge in [0.1, 0.15) is 12.0 Å². The standard InChI is InChI=1S/C28H34ClFN6O2/c1-4-19-25(21-5-6-34(3)33-21)26(19)27(37)32-24-13-17-12-22(20(29)11-18(17)14-31-24)35-7-9-36(10-8-35)28(2)16-38-15-23(28)30/h5-6,11-14,19,23,25-26H,4,7-10,15-16H2,1-3H3,(H,31,32,37)/t19-,23-,25+,26-,28+/m1/s1. The molecule has 6 rings (SSSR count). The van der Waals surface area contributed by atoms with E-state index in [1.54, 1.807) is 10.9 Å². The number of ether oxygens (including phenoxy) is 1. The Morgan fingerprint density at radius 1 is 1.24 bits per heavy atom. The summed E-state index contributed by atoms with van der Waals surface area (Å²) in [6.07, 6.45) is 3.63. The molecule has 0 bridgehead atoms. The Balaban J connectivity index is 1.16. The Bertz CT molecular complexity index is 1360. The van der Waals surface area contributed by atoms with Crippen molar-refractivity contribution in [2.45, 2.75) is 37.9 Å². The van der Waals surface area contributed by atoms with E-state index in [4.69, 9.17) is 16.3 Å². The highest BCUT2D eigenvalue weighted by Gasteiger charge is 2.55. The maximum absolute atomic E-state index is 14.5. The van der Waals surface area contributed by atoms with Crippen molar-refractivity contribution in [3.8, 4) is 0 Å². The highest BCUT2D eigenvalue weighted by atomic mass is 35.5. The van der Waals surface area contributed by atoms with Crippen molar-refractivity contribution in [2.75, 3.05) is 49.6 Å². The van der Waals surface area contributed by atoms with Crippen LogP contribution in [0.15, 0.2) is 36.7 Å². The van der Waals surface area contributed by atoms with Crippen molar-refractivity contribution in [3.63, 3.8) is 0 Å². The molecule has 1 N–H and O–H groups in total. The van der Waals surface area contributed by atoms with Crippen LogP contribution in [-0.2, 0) is 16.6 Å². The Kier molecular flexibility index (Phi) is 6.56. The molecule has 4 heterocycles. The number of alkyl halides is 1. The molecule has 10 heteroatoms. The molecule has 2 saturated heterocycles. The lowest BCUT2D eigenvalue weighted by molar-refractivity contribution is -0.117. The van der Waals surface area contributed by atoms with Crippen LogP contribution < -0.4 is 10.2 Å². The van der Waals surface area contributed by atoms with Crippen molar-refractivity contribution in [1.82, 2.24) is 19.7 Å². The number of piperazine rings is 1. The van der Waals surface area contributed by atoms with E-state index < -0.39 is 11.7 Å². The van der Waals surface area contributed by atoms with Crippen LogP contribution in [0.4, 0.5) is 15.9 Å². The second-order valence-corrected chi connectivity index (χ2v) is 11.5. The summed E-state index contributed by atoms with van der Waals surface area (Å²) in [7, 11) is 1.89. The summed E-state index contributed by atoms with van der Waals surface area (Å²) in [6, 6.07) is 7.89. The molecular weight excluding hydrogens is 507 g/mol. The second-order valence-electron chi connectivity index (χ2n) is 11.1. The predicted octanol–water partition coefficient (Wildman–Crippen LogP) is 4.25. The Labute approximate surface area is 227 Å². The second kappa shape index (κ2) is 9.77. The highest BCUT2D eigenvalue weighted by Crippen LogP contribution is 2.55. The molecule has 0 spiro atoms. The van der Waals surface area contributed by atoms with E-state index in [0.717, 1.165) is 54.8 Å². The Morgan fingerprint density at radius 3 is 2.68 bits per heavy atom. The number of hydrogen-bond acceptors (Lipinski definition) is 6. The highest BCUT2D eigenvalue weighted by molar-refractivity contribution is 6.34. The molecule has 1 amide bonds. The summed E-state index contributed by atoms with van der Waals surface area (Å²) in [5.41, 5.74) is 1.35. The molecule has 5 atom stereocenters. The minimum atomic E-state index is -0.970. The topological polar surface area (TPSA) is 75.5 Å². The van der Waals surface area contributed by atoms with Crippen LogP contribution in [0.3, 0.4) is 0 Å². The van der Waals surface area contributed by atoms with Crippen LogP contribution in [0.2, 0.25) is 5.02 Å². The van der Waals surface area contributed by atoms with Gasteiger partial charge in [0.15, 0.2) is 0 Å². The molecule has 3 aliphatic rings. The molecule has 1 aliphatic carbocycles. The number of hydrogen-bond donors (Lipinski definition) is 1. The third-order valence-electron chi connectivity index (χ3n) is 8.73. The van der Waals surface area contributed by atoms with Gasteiger partial charge in [0.05, 0.1) is 41.1 Å². The number of carbonyl (C=O) groups is 1. The van der Waals surface area contributed by atoms with Gasteiger partial charge in [-0.2, -0.15) is 5.10 Å². The number of pyridine rings is 1. The summed E-state index contributed by atoms with van der Waals surface area (Å²) in [4.78, 5) is 22.1. The molecule has 38 heavy (non-hydrogen) atoms. The zero-order valence-corrected chi connectivity index (χ0v) is 22.8. The molecule has 3 aromatic rings. The first-order valence-electron chi connectivity index (χ1n) is 13.4. The van der Waals surface area contributed by atoms with Crippen LogP contribution in [-0.4, -0.2) is 76.7 Å². The van der Waals surface area contributed by atoms with Gasteiger partial charge >= 0.3 is 0 Å². The van der Waals surface area contributed by atoms with E-state index in [1.807, 2.05) is 38.4 Å². The number of nitrogens with one attached hydrogen (secondary N) is 1. The fraction of sp³-hybridized carbons (Fsp3) is 0.536. The Hall–Kier alpha value is -2.75. The van der Waals surface area contributed by atoms with Crippen molar-refractivity contribution in [3.05, 3.63) is 47.4 Å². The van der Waals surface area contributed by atoms with Crippen LogP contribution in [0.25, 0.3) is 10.8 Å². The van der Waals surface area contributed by atoms with E-state index in [0.29, 0.717) is 23.4 Å². The van der Waals surface area contributed by atoms with Crippen molar-refractivity contribution in [1.29, 1.82) is 0 Å². The Morgan fingerprint density at radius 2 is 2.03 bits per heavy atom. The monoisotopic (exact) mass is 540 g/mol. The van der Waals surface area contributed by atoms with Crippen LogP contribution in [0.5, 0.6) is 0 Å². The third-order valence-corrected chi connectivity index (χ3v) is 9.04. The van der Waals surface area contributed by atoms with E-state index in [2.05, 4.69) is 38.2 Å². The molecule has 2 aliphatic heterocycles. The van der Waals surface area contributed by atoms with E-state index in [9.17, 15) is 9.18 Å². The average molecular weight is 541 g/mol. The van der Waals surface area contributed by atoms with Crippen molar-refractivity contribution >= 4 is 39.8 Å². The number of rotatable bonds is 6. The van der Waals surface area contributed by atoms with Gasteiger partial charge in [-0.05, 0) is 42.5 Å². The minimum Gasteiger partial charge on any atom is -0.376 e. The lowest BCUT2D eigenvalue weighted by Gasteiger charge is -2.44. The number of amides is 1. The summed E-state index contributed by atoms with van der Waals surface area (Å²) in [5, 5.41) is 10.1. The molecule has 8 nitrogen and oxygen atoms in total. The number of carbonyl (C=O) groups excluding carboxylic acids is 1. The van der Waals surface area contributed by atoms with Gasteiger partial charge in [-0.1, -0.05) is 24.9 Å². The molecule has 202 valence electrons. The smallest absolute Gasteiger partial charge is 0.229 e. The number of anilines is 2. The van der Waals surface area contributed by atoms with Gasteiger partial charge in [-0.25, -0.2) is 9.37 Å². The molecule has 1 aromatic carbocycles. The van der Waals surface area contributed by atoms with Gasteiger partial charge in [0.2, 0.25) is 5.91 Å². The van der Waals surface area contributed by atoms with Crippen molar-refractivity contribution in [2.24, 2.45) is 18.9 Å². The summed E-state index contributed by atoms with van der Waals surface area (Å²) in [6.45, 7) is 7.64. The van der Waals surface area contributed by atoms with Crippen LogP contribution in [0.1, 0.15) is 31.9 Å². The van der Waals surface area contributed by atoms with Gasteiger partial charge < -0.3 is 15.0 Å². The molecule has 2 aromatic heterocycles. The van der Waals surface area contributed by atoms with Gasteiger partial charge in [0, 0.05) is 56.9 Å². The first kappa shape index (κ1) is 25.5. The van der Waals surface area contributed by atoms with Crippen LogP contribution in [0, 0.1) is 11.8 Å². The summed E-state index contributed by atoms with van der Waals surface area (Å²) < 4.78 is 21.7. The largest absolute Gasteiger partial charge is 0.376 e. The number of aryl methyl sites for hydroxylation is 1. The average Bonchev–Trinajstić information content (AvgIpc) is 3.33. The molecule has 1 saturated carbocycles. The SMILES string of the molecule is CC[C@H]1[C@@H](C(=O)Nc2cc3cc(N4CCN([C@@]5(C)COC[C@H]5F)CC4)c(Cl)cc3cn2)[C@@H]1c1ccn(C)n1. The van der Waals surface area contributed by atoms with Gasteiger partial charge in [0.25, 0.3) is 0 Å². The van der Waals surface area contributed by atoms with Crippen LogP contribution >= 0.6 is 11.6 Å². The van der Waals surface area contributed by atoms with E-state index in [-0.39, 0.29) is 24.3 Å². The quantitative estimate of drug-likeness (QED) is 0.504. The number of benzene rings is 1. The normalized spacial score (nSPS) is 29.7. The summed E-state index contributed by atoms with van der Waals surface area (Å²) >= 11 is 6.69. The third kappa shape index (κ3) is 4.44. The molecule has 3 fully saturated rings.